The van der Waals surface area contributed by atoms with Crippen molar-refractivity contribution in [2.45, 2.75) is 25.8 Å². The maximum absolute atomic E-state index is 11.8. The molecule has 0 aliphatic carbocycles. The summed E-state index contributed by atoms with van der Waals surface area (Å²) in [5.41, 5.74) is 6.80. The van der Waals surface area contributed by atoms with Crippen LogP contribution >= 0.6 is 11.6 Å². The van der Waals surface area contributed by atoms with E-state index in [9.17, 15) is 4.79 Å². The van der Waals surface area contributed by atoms with Crippen LogP contribution in [0.25, 0.3) is 0 Å². The van der Waals surface area contributed by atoms with Gasteiger partial charge in [0.1, 0.15) is 0 Å². The molecule has 1 amide bonds. The molecule has 20 heavy (non-hydrogen) atoms. The molecule has 0 heterocycles. The molecule has 0 saturated heterocycles. The predicted molar refractivity (Wildman–Crippen MR) is 82.9 cm³/mol. The number of aliphatic hydroxyl groups is 1. The average molecular weight is 300 g/mol. The molecule has 1 rings (SSSR count). The molecule has 1 atom stereocenters. The zero-order valence-electron chi connectivity index (χ0n) is 11.9. The molecule has 0 aliphatic heterocycles. The number of carbonyl (C=O) groups excluding carboxylic acids is 1. The van der Waals surface area contributed by atoms with Crippen LogP contribution in [0.1, 0.15) is 19.8 Å². The van der Waals surface area contributed by atoms with Gasteiger partial charge in [-0.15, -0.1) is 0 Å². The van der Waals surface area contributed by atoms with Crippen molar-refractivity contribution >= 4 is 28.9 Å². The summed E-state index contributed by atoms with van der Waals surface area (Å²) in [5.74, 6) is -0.0796. The van der Waals surface area contributed by atoms with Crippen molar-refractivity contribution in [3.63, 3.8) is 0 Å². The first-order chi connectivity index (χ1) is 9.43. The highest BCUT2D eigenvalue weighted by Gasteiger charge is 2.09. The van der Waals surface area contributed by atoms with Gasteiger partial charge in [0.15, 0.2) is 0 Å². The second-order valence-corrected chi connectivity index (χ2v) is 5.33. The Hall–Kier alpha value is -1.30. The summed E-state index contributed by atoms with van der Waals surface area (Å²) < 4.78 is 0. The zero-order valence-corrected chi connectivity index (χ0v) is 12.7. The number of nitrogens with one attached hydrogen (secondary N) is 1. The number of nitrogen functional groups attached to an aromatic ring is 1. The number of hydrogen-bond donors (Lipinski definition) is 3. The van der Waals surface area contributed by atoms with Gasteiger partial charge in [0.05, 0.1) is 18.0 Å². The molecule has 0 saturated carbocycles. The maximum Gasteiger partial charge on any atom is 0.224 e. The highest BCUT2D eigenvalue weighted by Crippen LogP contribution is 2.22. The third-order valence-electron chi connectivity index (χ3n) is 3.22. The second-order valence-electron chi connectivity index (χ2n) is 4.90. The van der Waals surface area contributed by atoms with E-state index in [1.54, 1.807) is 18.2 Å². The molecule has 1 unspecified atom stereocenters. The van der Waals surface area contributed by atoms with Crippen LogP contribution in [0.2, 0.25) is 5.02 Å². The van der Waals surface area contributed by atoms with E-state index in [-0.39, 0.29) is 18.6 Å². The predicted octanol–water partition coefficient (Wildman–Crippen LogP) is 1.95. The van der Waals surface area contributed by atoms with Crippen molar-refractivity contribution in [1.29, 1.82) is 0 Å². The second kappa shape index (κ2) is 8.09. The van der Waals surface area contributed by atoms with Gasteiger partial charge < -0.3 is 21.1 Å². The molecular weight excluding hydrogens is 278 g/mol. The number of carbonyl (C=O) groups is 1. The van der Waals surface area contributed by atoms with Gasteiger partial charge in [-0.2, -0.15) is 0 Å². The number of likely N-dealkylation sites (N-methyl/N-ethyl adjacent to an activating group) is 1. The SMILES string of the molecule is CC(CO)N(C)CCCC(=O)Nc1ccc(Cl)cc1N. The number of hydrogen-bond acceptors (Lipinski definition) is 4. The van der Waals surface area contributed by atoms with Gasteiger partial charge in [0, 0.05) is 17.5 Å². The van der Waals surface area contributed by atoms with E-state index >= 15 is 0 Å². The van der Waals surface area contributed by atoms with Gasteiger partial charge in [-0.25, -0.2) is 0 Å². The smallest absolute Gasteiger partial charge is 0.224 e. The van der Waals surface area contributed by atoms with E-state index in [1.165, 1.54) is 0 Å². The molecule has 0 aromatic heterocycles. The minimum Gasteiger partial charge on any atom is -0.397 e. The normalized spacial score (nSPS) is 12.4. The van der Waals surface area contributed by atoms with E-state index < -0.39 is 0 Å². The fraction of sp³-hybridized carbons (Fsp3) is 0.500. The van der Waals surface area contributed by atoms with Gasteiger partial charge in [0.2, 0.25) is 5.91 Å². The summed E-state index contributed by atoms with van der Waals surface area (Å²) in [6, 6.07) is 5.08. The molecule has 6 heteroatoms. The Morgan fingerprint density at radius 3 is 2.85 bits per heavy atom. The van der Waals surface area contributed by atoms with Gasteiger partial charge in [-0.05, 0) is 45.1 Å². The lowest BCUT2D eigenvalue weighted by Crippen LogP contribution is -2.33. The number of nitrogens with zero attached hydrogens (tertiary/aromatic N) is 1. The molecule has 4 N–H and O–H groups in total. The largest absolute Gasteiger partial charge is 0.397 e. The fourth-order valence-corrected chi connectivity index (χ4v) is 1.89. The van der Waals surface area contributed by atoms with Crippen molar-refractivity contribution in [1.82, 2.24) is 4.90 Å². The van der Waals surface area contributed by atoms with E-state index in [4.69, 9.17) is 22.4 Å². The highest BCUT2D eigenvalue weighted by atomic mass is 35.5. The van der Waals surface area contributed by atoms with Crippen molar-refractivity contribution in [3.05, 3.63) is 23.2 Å². The average Bonchev–Trinajstić information content (AvgIpc) is 2.41. The summed E-state index contributed by atoms with van der Waals surface area (Å²) >= 11 is 5.80. The Labute approximate surface area is 124 Å². The van der Waals surface area contributed by atoms with Crippen LogP contribution in [0.4, 0.5) is 11.4 Å². The number of rotatable bonds is 7. The molecule has 0 spiro atoms. The van der Waals surface area contributed by atoms with Gasteiger partial charge in [-0.1, -0.05) is 11.6 Å². The minimum absolute atomic E-state index is 0.0796. The van der Waals surface area contributed by atoms with Crippen molar-refractivity contribution < 1.29 is 9.90 Å². The van der Waals surface area contributed by atoms with Gasteiger partial charge in [-0.3, -0.25) is 4.79 Å². The van der Waals surface area contributed by atoms with Crippen LogP contribution < -0.4 is 11.1 Å². The van der Waals surface area contributed by atoms with Crippen LogP contribution in [-0.2, 0) is 4.79 Å². The summed E-state index contributed by atoms with van der Waals surface area (Å²) in [6.45, 7) is 2.81. The van der Waals surface area contributed by atoms with E-state index in [2.05, 4.69) is 5.32 Å². The van der Waals surface area contributed by atoms with Gasteiger partial charge in [0.25, 0.3) is 0 Å². The number of halogens is 1. The topological polar surface area (TPSA) is 78.6 Å². The third kappa shape index (κ3) is 5.36. The number of nitrogens with two attached hydrogens (primary N) is 1. The fourth-order valence-electron chi connectivity index (χ4n) is 1.71. The Morgan fingerprint density at radius 1 is 1.55 bits per heavy atom. The Morgan fingerprint density at radius 2 is 2.25 bits per heavy atom. The molecule has 1 aromatic carbocycles. The number of amides is 1. The summed E-state index contributed by atoms with van der Waals surface area (Å²) in [7, 11) is 1.93. The van der Waals surface area contributed by atoms with Crippen molar-refractivity contribution in [2.24, 2.45) is 0 Å². The minimum atomic E-state index is -0.0796. The van der Waals surface area contributed by atoms with Crippen LogP contribution in [0.5, 0.6) is 0 Å². The molecule has 1 aromatic rings. The Balaban J connectivity index is 2.37. The molecular formula is C14H22ClN3O2. The molecule has 0 radical (unpaired) electrons. The molecule has 0 aliphatic rings. The Bertz CT molecular complexity index is 454. The summed E-state index contributed by atoms with van der Waals surface area (Å²) in [4.78, 5) is 13.8. The van der Waals surface area contributed by atoms with E-state index in [0.29, 0.717) is 22.8 Å². The van der Waals surface area contributed by atoms with Crippen LogP contribution in [-0.4, -0.2) is 42.2 Å². The van der Waals surface area contributed by atoms with Crippen LogP contribution in [0, 0.1) is 0 Å². The van der Waals surface area contributed by atoms with Gasteiger partial charge >= 0.3 is 0 Å². The summed E-state index contributed by atoms with van der Waals surface area (Å²) in [5, 5.41) is 12.3. The number of aliphatic hydroxyl groups excluding tert-OH is 1. The van der Waals surface area contributed by atoms with Crippen LogP contribution in [0.3, 0.4) is 0 Å². The molecule has 112 valence electrons. The first-order valence-electron chi connectivity index (χ1n) is 6.60. The quantitative estimate of drug-likeness (QED) is 0.673. The lowest BCUT2D eigenvalue weighted by atomic mass is 10.2. The van der Waals surface area contributed by atoms with Crippen molar-refractivity contribution in [3.8, 4) is 0 Å². The van der Waals surface area contributed by atoms with Crippen LogP contribution in [0.15, 0.2) is 18.2 Å². The lowest BCUT2D eigenvalue weighted by molar-refractivity contribution is -0.116. The number of benzene rings is 1. The van der Waals surface area contributed by atoms with Crippen molar-refractivity contribution in [2.75, 3.05) is 31.2 Å². The zero-order chi connectivity index (χ0) is 15.1. The van der Waals surface area contributed by atoms with E-state index in [1.807, 2.05) is 18.9 Å². The third-order valence-corrected chi connectivity index (χ3v) is 3.45. The molecule has 0 bridgehead atoms. The monoisotopic (exact) mass is 299 g/mol. The maximum atomic E-state index is 11.8. The number of anilines is 2. The Kier molecular flexibility index (Phi) is 6.78. The first-order valence-corrected chi connectivity index (χ1v) is 6.97. The molecule has 5 nitrogen and oxygen atoms in total. The first kappa shape index (κ1) is 16.8. The highest BCUT2D eigenvalue weighted by molar-refractivity contribution is 6.31. The lowest BCUT2D eigenvalue weighted by Gasteiger charge is -2.22. The summed E-state index contributed by atoms with van der Waals surface area (Å²) in [6.07, 6.45) is 1.13. The van der Waals surface area contributed by atoms with E-state index in [0.717, 1.165) is 13.0 Å². The molecule has 0 fully saturated rings. The standard InChI is InChI=1S/C14H22ClN3O2/c1-10(9-19)18(2)7-3-4-14(20)17-13-6-5-11(15)8-12(13)16/h5-6,8,10,19H,3-4,7,9,16H2,1-2H3,(H,17,20).